The molecule has 1 unspecified atom stereocenters. The Morgan fingerprint density at radius 2 is 1.83 bits per heavy atom. The average molecular weight is 309 g/mol. The minimum absolute atomic E-state index is 0.198. The molecule has 122 valence electrons. The van der Waals surface area contributed by atoms with E-state index >= 15 is 0 Å². The molecular weight excluding hydrogens is 282 g/mol. The van der Waals surface area contributed by atoms with Crippen molar-refractivity contribution in [3.63, 3.8) is 0 Å². The van der Waals surface area contributed by atoms with Gasteiger partial charge in [0.25, 0.3) is 0 Å². The molecule has 0 saturated heterocycles. The Labute approximate surface area is 139 Å². The first-order valence-electron chi connectivity index (χ1n) is 8.66. The van der Waals surface area contributed by atoms with E-state index in [9.17, 15) is 0 Å². The highest BCUT2D eigenvalue weighted by molar-refractivity contribution is 5.39. The monoisotopic (exact) mass is 309 g/mol. The van der Waals surface area contributed by atoms with Crippen LogP contribution in [0.15, 0.2) is 54.6 Å². The normalized spacial score (nSPS) is 20.2. The molecule has 0 fully saturated rings. The van der Waals surface area contributed by atoms with E-state index < -0.39 is 0 Å². The number of methoxy groups -OCH3 is 1. The SMILES string of the molecule is COCCNCC1(Cc2ccccc2)CCCc2ccccc21. The number of ether oxygens (including phenoxy) is 1. The Kier molecular flexibility index (Phi) is 5.47. The van der Waals surface area contributed by atoms with Crippen LogP contribution in [0.5, 0.6) is 0 Å². The largest absolute Gasteiger partial charge is 0.383 e. The first-order chi connectivity index (χ1) is 11.3. The fourth-order valence-corrected chi connectivity index (χ4v) is 3.93. The molecule has 1 aliphatic rings. The van der Waals surface area contributed by atoms with Crippen molar-refractivity contribution < 1.29 is 4.74 Å². The number of nitrogens with one attached hydrogen (secondary N) is 1. The summed E-state index contributed by atoms with van der Waals surface area (Å²) in [6.45, 7) is 2.69. The van der Waals surface area contributed by atoms with Gasteiger partial charge in [-0.2, -0.15) is 0 Å². The third-order valence-corrected chi connectivity index (χ3v) is 5.02. The van der Waals surface area contributed by atoms with Gasteiger partial charge in [-0.05, 0) is 42.4 Å². The molecule has 0 spiro atoms. The summed E-state index contributed by atoms with van der Waals surface area (Å²) in [4.78, 5) is 0. The Bertz CT molecular complexity index is 610. The summed E-state index contributed by atoms with van der Waals surface area (Å²) in [5.74, 6) is 0. The van der Waals surface area contributed by atoms with Crippen LogP contribution in [0, 0.1) is 0 Å². The van der Waals surface area contributed by atoms with Gasteiger partial charge in [-0.3, -0.25) is 0 Å². The molecule has 0 aliphatic heterocycles. The Morgan fingerprint density at radius 1 is 1.04 bits per heavy atom. The molecule has 1 N–H and O–H groups in total. The van der Waals surface area contributed by atoms with Crippen LogP contribution in [0.3, 0.4) is 0 Å². The summed E-state index contributed by atoms with van der Waals surface area (Å²) >= 11 is 0. The van der Waals surface area contributed by atoms with Gasteiger partial charge in [0.1, 0.15) is 0 Å². The number of hydrogen-bond donors (Lipinski definition) is 1. The van der Waals surface area contributed by atoms with Crippen molar-refractivity contribution in [2.45, 2.75) is 31.1 Å². The van der Waals surface area contributed by atoms with Crippen LogP contribution < -0.4 is 5.32 Å². The van der Waals surface area contributed by atoms with Crippen LogP contribution in [0.2, 0.25) is 0 Å². The second-order valence-corrected chi connectivity index (χ2v) is 6.62. The van der Waals surface area contributed by atoms with Gasteiger partial charge in [-0.25, -0.2) is 0 Å². The van der Waals surface area contributed by atoms with Gasteiger partial charge in [0.15, 0.2) is 0 Å². The first-order valence-corrected chi connectivity index (χ1v) is 8.66. The molecule has 0 saturated carbocycles. The molecule has 0 aromatic heterocycles. The maximum absolute atomic E-state index is 5.19. The first kappa shape index (κ1) is 16.2. The van der Waals surface area contributed by atoms with Gasteiger partial charge >= 0.3 is 0 Å². The minimum atomic E-state index is 0.198. The summed E-state index contributed by atoms with van der Waals surface area (Å²) in [5, 5.41) is 3.63. The lowest BCUT2D eigenvalue weighted by molar-refractivity contribution is 0.195. The van der Waals surface area contributed by atoms with E-state index in [4.69, 9.17) is 4.74 Å². The zero-order valence-electron chi connectivity index (χ0n) is 14.1. The van der Waals surface area contributed by atoms with Crippen LogP contribution in [0.4, 0.5) is 0 Å². The van der Waals surface area contributed by atoms with Crippen molar-refractivity contribution in [2.75, 3.05) is 26.8 Å². The number of hydrogen-bond acceptors (Lipinski definition) is 2. The van der Waals surface area contributed by atoms with Gasteiger partial charge < -0.3 is 10.1 Å². The zero-order valence-corrected chi connectivity index (χ0v) is 14.1. The molecule has 23 heavy (non-hydrogen) atoms. The predicted molar refractivity (Wildman–Crippen MR) is 95.9 cm³/mol. The quantitative estimate of drug-likeness (QED) is 0.787. The number of rotatable bonds is 7. The standard InChI is InChI=1S/C21H27NO/c1-23-15-14-22-17-21(16-18-8-3-2-4-9-18)13-7-11-19-10-5-6-12-20(19)21/h2-6,8-10,12,22H,7,11,13-17H2,1H3. The van der Waals surface area contributed by atoms with Crippen molar-refractivity contribution in [2.24, 2.45) is 0 Å². The fourth-order valence-electron chi connectivity index (χ4n) is 3.93. The molecule has 2 heteroatoms. The molecule has 2 nitrogen and oxygen atoms in total. The van der Waals surface area contributed by atoms with Crippen LogP contribution in [-0.4, -0.2) is 26.8 Å². The van der Waals surface area contributed by atoms with E-state index in [1.54, 1.807) is 12.7 Å². The lowest BCUT2D eigenvalue weighted by Gasteiger charge is -2.40. The van der Waals surface area contributed by atoms with Crippen LogP contribution in [0.1, 0.15) is 29.5 Å². The maximum atomic E-state index is 5.19. The van der Waals surface area contributed by atoms with E-state index in [2.05, 4.69) is 59.9 Å². The average Bonchev–Trinajstić information content (AvgIpc) is 2.60. The molecule has 0 radical (unpaired) electrons. The van der Waals surface area contributed by atoms with Gasteiger partial charge in [-0.15, -0.1) is 0 Å². The summed E-state index contributed by atoms with van der Waals surface area (Å²) in [6.07, 6.45) is 4.84. The second-order valence-electron chi connectivity index (χ2n) is 6.62. The van der Waals surface area contributed by atoms with E-state index in [0.717, 1.165) is 26.1 Å². The smallest absolute Gasteiger partial charge is 0.0587 e. The Morgan fingerprint density at radius 3 is 2.65 bits per heavy atom. The predicted octanol–water partition coefficient (Wildman–Crippen LogP) is 3.74. The summed E-state index contributed by atoms with van der Waals surface area (Å²) in [5.41, 5.74) is 4.70. The third-order valence-electron chi connectivity index (χ3n) is 5.02. The minimum Gasteiger partial charge on any atom is -0.383 e. The van der Waals surface area contributed by atoms with E-state index in [1.807, 2.05) is 0 Å². The lowest BCUT2D eigenvalue weighted by Crippen LogP contribution is -2.43. The second kappa shape index (κ2) is 7.76. The molecule has 2 aromatic carbocycles. The van der Waals surface area contributed by atoms with E-state index in [-0.39, 0.29) is 5.41 Å². The van der Waals surface area contributed by atoms with Gasteiger partial charge in [0.05, 0.1) is 6.61 Å². The molecule has 0 bridgehead atoms. The Hall–Kier alpha value is -1.64. The van der Waals surface area contributed by atoms with Gasteiger partial charge in [0, 0.05) is 25.6 Å². The fraction of sp³-hybridized carbons (Fsp3) is 0.429. The number of fused-ring (bicyclic) bond motifs is 1. The van der Waals surface area contributed by atoms with Crippen molar-refractivity contribution in [3.05, 3.63) is 71.3 Å². The summed E-state index contributed by atoms with van der Waals surface area (Å²) in [7, 11) is 1.76. The number of benzene rings is 2. The molecule has 1 atom stereocenters. The topological polar surface area (TPSA) is 21.3 Å². The van der Waals surface area contributed by atoms with Crippen LogP contribution in [0.25, 0.3) is 0 Å². The van der Waals surface area contributed by atoms with Crippen LogP contribution in [-0.2, 0) is 23.0 Å². The highest BCUT2D eigenvalue weighted by Gasteiger charge is 2.36. The van der Waals surface area contributed by atoms with Crippen molar-refractivity contribution in [3.8, 4) is 0 Å². The number of aryl methyl sites for hydroxylation is 1. The van der Waals surface area contributed by atoms with Crippen molar-refractivity contribution in [1.29, 1.82) is 0 Å². The molecule has 0 amide bonds. The summed E-state index contributed by atoms with van der Waals surface area (Å²) in [6, 6.07) is 19.9. The van der Waals surface area contributed by atoms with E-state index in [0.29, 0.717) is 0 Å². The molecule has 1 aliphatic carbocycles. The van der Waals surface area contributed by atoms with Gasteiger partial charge in [0.2, 0.25) is 0 Å². The molecule has 2 aromatic rings. The highest BCUT2D eigenvalue weighted by atomic mass is 16.5. The van der Waals surface area contributed by atoms with Crippen molar-refractivity contribution >= 4 is 0 Å². The molecule has 0 heterocycles. The maximum Gasteiger partial charge on any atom is 0.0587 e. The van der Waals surface area contributed by atoms with E-state index in [1.165, 1.54) is 30.4 Å². The Balaban J connectivity index is 1.88. The van der Waals surface area contributed by atoms with Crippen LogP contribution >= 0.6 is 0 Å². The van der Waals surface area contributed by atoms with Gasteiger partial charge in [-0.1, -0.05) is 54.6 Å². The lowest BCUT2D eigenvalue weighted by atomic mass is 9.66. The highest BCUT2D eigenvalue weighted by Crippen LogP contribution is 2.39. The van der Waals surface area contributed by atoms with Crippen molar-refractivity contribution in [1.82, 2.24) is 5.32 Å². The summed E-state index contributed by atoms with van der Waals surface area (Å²) < 4.78 is 5.19. The zero-order chi connectivity index (χ0) is 16.0. The third kappa shape index (κ3) is 3.82. The molecule has 3 rings (SSSR count). The molecular formula is C21H27NO.